The number of hydrogen-bond acceptors (Lipinski definition) is 4. The quantitative estimate of drug-likeness (QED) is 0.806. The highest BCUT2D eigenvalue weighted by Gasteiger charge is 2.35. The second-order valence-electron chi connectivity index (χ2n) is 3.73. The van der Waals surface area contributed by atoms with Gasteiger partial charge in [-0.3, -0.25) is 4.68 Å². The lowest BCUT2D eigenvalue weighted by atomic mass is 10.3. The van der Waals surface area contributed by atoms with Gasteiger partial charge in [-0.05, 0) is 6.42 Å². The third kappa shape index (κ3) is 1.84. The topological polar surface area (TPSA) is 75.4 Å². The van der Waals surface area contributed by atoms with Gasteiger partial charge in [0.25, 0.3) is 10.0 Å². The van der Waals surface area contributed by atoms with Gasteiger partial charge in [-0.25, -0.2) is 8.42 Å². The fraction of sp³-hybridized carbons (Fsp3) is 0.625. The van der Waals surface area contributed by atoms with Crippen molar-refractivity contribution in [3.05, 3.63) is 11.2 Å². The molecule has 0 spiro atoms. The summed E-state index contributed by atoms with van der Waals surface area (Å²) in [4.78, 5) is 0. The highest BCUT2D eigenvalue weighted by atomic mass is 35.5. The molecule has 1 aliphatic heterocycles. The molecule has 0 aromatic carbocycles. The Kier molecular flexibility index (Phi) is 2.95. The van der Waals surface area contributed by atoms with Crippen LogP contribution in [0.15, 0.2) is 11.2 Å². The van der Waals surface area contributed by atoms with E-state index in [2.05, 4.69) is 5.10 Å². The molecule has 1 N–H and O–H groups in total. The van der Waals surface area contributed by atoms with Gasteiger partial charge in [0.05, 0.1) is 17.3 Å². The van der Waals surface area contributed by atoms with Gasteiger partial charge in [0.15, 0.2) is 5.03 Å². The van der Waals surface area contributed by atoms with Crippen LogP contribution in [0.3, 0.4) is 0 Å². The first kappa shape index (κ1) is 11.8. The maximum atomic E-state index is 12.2. The van der Waals surface area contributed by atoms with E-state index in [1.165, 1.54) is 22.2 Å². The van der Waals surface area contributed by atoms with Crippen molar-refractivity contribution in [2.75, 3.05) is 13.1 Å². The zero-order chi connectivity index (χ0) is 11.9. The Balaban J connectivity index is 2.40. The van der Waals surface area contributed by atoms with E-state index in [1.54, 1.807) is 0 Å². The molecule has 2 heterocycles. The predicted molar refractivity (Wildman–Crippen MR) is 57.6 cm³/mol. The van der Waals surface area contributed by atoms with E-state index in [-0.39, 0.29) is 16.6 Å². The average Bonchev–Trinajstić information content (AvgIpc) is 2.74. The van der Waals surface area contributed by atoms with Crippen LogP contribution < -0.4 is 0 Å². The summed E-state index contributed by atoms with van der Waals surface area (Å²) in [7, 11) is -2.13. The highest BCUT2D eigenvalue weighted by Crippen LogP contribution is 2.26. The van der Waals surface area contributed by atoms with Crippen molar-refractivity contribution in [3.63, 3.8) is 0 Å². The average molecular weight is 266 g/mol. The van der Waals surface area contributed by atoms with E-state index in [0.717, 1.165) is 0 Å². The molecule has 1 aromatic rings. The first-order valence-electron chi connectivity index (χ1n) is 4.78. The molecule has 0 unspecified atom stereocenters. The third-order valence-corrected chi connectivity index (χ3v) is 4.93. The Hall–Kier alpha value is -0.630. The maximum absolute atomic E-state index is 12.2. The molecule has 2 rings (SSSR count). The molecule has 8 heteroatoms. The number of aromatic nitrogens is 2. The fourth-order valence-electron chi connectivity index (χ4n) is 1.74. The van der Waals surface area contributed by atoms with E-state index >= 15 is 0 Å². The Labute approximate surface area is 98.5 Å². The molecule has 16 heavy (non-hydrogen) atoms. The summed E-state index contributed by atoms with van der Waals surface area (Å²) < 4.78 is 26.8. The molecule has 1 aliphatic rings. The minimum Gasteiger partial charge on any atom is -0.392 e. The fourth-order valence-corrected chi connectivity index (χ4v) is 3.84. The van der Waals surface area contributed by atoms with Crippen molar-refractivity contribution in [2.45, 2.75) is 17.6 Å². The van der Waals surface area contributed by atoms with Crippen molar-refractivity contribution in [3.8, 4) is 0 Å². The third-order valence-electron chi connectivity index (χ3n) is 2.55. The molecule has 0 saturated carbocycles. The smallest absolute Gasteiger partial charge is 0.261 e. The zero-order valence-corrected chi connectivity index (χ0v) is 10.2. The molecule has 0 aliphatic carbocycles. The summed E-state index contributed by atoms with van der Waals surface area (Å²) >= 11 is 5.79. The zero-order valence-electron chi connectivity index (χ0n) is 8.67. The van der Waals surface area contributed by atoms with Crippen molar-refractivity contribution in [1.82, 2.24) is 14.1 Å². The highest BCUT2D eigenvalue weighted by molar-refractivity contribution is 7.89. The maximum Gasteiger partial charge on any atom is 0.261 e. The summed E-state index contributed by atoms with van der Waals surface area (Å²) in [6, 6.07) is 0. The Bertz CT molecular complexity index is 479. The number of β-amino-alcohol motifs (C(OH)–C–C–N with tert-alkyl or cyclic N) is 1. The Morgan fingerprint density at radius 1 is 1.62 bits per heavy atom. The second-order valence-corrected chi connectivity index (χ2v) is 5.99. The minimum atomic E-state index is -3.65. The molecule has 6 nitrogen and oxygen atoms in total. The van der Waals surface area contributed by atoms with Crippen LogP contribution in [0.1, 0.15) is 6.42 Å². The Morgan fingerprint density at radius 3 is 2.75 bits per heavy atom. The molecular formula is C8H12ClN3O3S. The van der Waals surface area contributed by atoms with Gasteiger partial charge in [-0.1, -0.05) is 11.6 Å². The predicted octanol–water partition coefficient (Wildman–Crippen LogP) is -0.171. The number of sulfonamides is 1. The van der Waals surface area contributed by atoms with E-state index in [0.29, 0.717) is 13.0 Å². The van der Waals surface area contributed by atoms with E-state index in [9.17, 15) is 13.5 Å². The van der Waals surface area contributed by atoms with E-state index in [4.69, 9.17) is 11.6 Å². The van der Waals surface area contributed by atoms with Crippen LogP contribution in [0.2, 0.25) is 5.02 Å². The van der Waals surface area contributed by atoms with Gasteiger partial charge in [0.2, 0.25) is 0 Å². The van der Waals surface area contributed by atoms with Crippen LogP contribution in [0.4, 0.5) is 0 Å². The summed E-state index contributed by atoms with van der Waals surface area (Å²) in [5.74, 6) is 0. The van der Waals surface area contributed by atoms with Gasteiger partial charge >= 0.3 is 0 Å². The largest absolute Gasteiger partial charge is 0.392 e. The lowest BCUT2D eigenvalue weighted by molar-refractivity contribution is 0.189. The van der Waals surface area contributed by atoms with Gasteiger partial charge in [-0.15, -0.1) is 0 Å². The molecule has 1 atom stereocenters. The first-order chi connectivity index (χ1) is 7.43. The summed E-state index contributed by atoms with van der Waals surface area (Å²) in [6.07, 6.45) is 1.15. The van der Waals surface area contributed by atoms with Crippen LogP contribution in [0.5, 0.6) is 0 Å². The van der Waals surface area contributed by atoms with Crippen molar-refractivity contribution in [1.29, 1.82) is 0 Å². The van der Waals surface area contributed by atoms with E-state index in [1.807, 2.05) is 0 Å². The molecule has 1 fully saturated rings. The van der Waals surface area contributed by atoms with E-state index < -0.39 is 16.1 Å². The number of aliphatic hydroxyl groups is 1. The molecule has 0 radical (unpaired) electrons. The summed E-state index contributed by atoms with van der Waals surface area (Å²) in [5.41, 5.74) is 0. The first-order valence-corrected chi connectivity index (χ1v) is 6.60. The van der Waals surface area contributed by atoms with Crippen LogP contribution in [0, 0.1) is 0 Å². The molecular weight excluding hydrogens is 254 g/mol. The number of aliphatic hydroxyl groups excluding tert-OH is 1. The van der Waals surface area contributed by atoms with Crippen LogP contribution in [0.25, 0.3) is 0 Å². The minimum absolute atomic E-state index is 0.0248. The SMILES string of the molecule is Cn1ncc(Cl)c1S(=O)(=O)N1CC[C@H](O)C1. The monoisotopic (exact) mass is 265 g/mol. The second kappa shape index (κ2) is 3.99. The number of rotatable bonds is 2. The summed E-state index contributed by atoms with van der Waals surface area (Å²) in [5, 5.41) is 13.2. The molecule has 1 saturated heterocycles. The number of nitrogens with zero attached hydrogens (tertiary/aromatic N) is 3. The van der Waals surface area contributed by atoms with Crippen molar-refractivity contribution in [2.24, 2.45) is 7.05 Å². The van der Waals surface area contributed by atoms with Crippen molar-refractivity contribution < 1.29 is 13.5 Å². The molecule has 0 bridgehead atoms. The van der Waals surface area contributed by atoms with Crippen LogP contribution >= 0.6 is 11.6 Å². The summed E-state index contributed by atoms with van der Waals surface area (Å²) in [6.45, 7) is 0.425. The number of hydrogen-bond donors (Lipinski definition) is 1. The van der Waals surface area contributed by atoms with Gasteiger partial charge in [-0.2, -0.15) is 9.40 Å². The van der Waals surface area contributed by atoms with Crippen LogP contribution in [-0.4, -0.2) is 46.8 Å². The number of aryl methyl sites for hydroxylation is 1. The van der Waals surface area contributed by atoms with Gasteiger partial charge in [0.1, 0.15) is 0 Å². The normalized spacial score (nSPS) is 22.8. The van der Waals surface area contributed by atoms with Crippen LogP contribution in [-0.2, 0) is 17.1 Å². The lowest BCUT2D eigenvalue weighted by Gasteiger charge is -2.15. The molecule has 0 amide bonds. The molecule has 1 aromatic heterocycles. The Morgan fingerprint density at radius 2 is 2.31 bits per heavy atom. The standard InChI is InChI=1S/C8H12ClN3O3S/c1-11-8(7(9)4-10-11)16(14,15)12-3-2-6(13)5-12/h4,6,13H,2-3,5H2,1H3/t6-/m0/s1. The van der Waals surface area contributed by atoms with Gasteiger partial charge in [0, 0.05) is 20.1 Å². The van der Waals surface area contributed by atoms with Gasteiger partial charge < -0.3 is 5.11 Å². The van der Waals surface area contributed by atoms with Crippen molar-refractivity contribution >= 4 is 21.6 Å². The number of halogens is 1. The lowest BCUT2D eigenvalue weighted by Crippen LogP contribution is -2.31. The molecule has 90 valence electrons.